The van der Waals surface area contributed by atoms with E-state index in [1.807, 2.05) is 18.2 Å². The maximum atomic E-state index is 12.4. The van der Waals surface area contributed by atoms with Crippen molar-refractivity contribution in [2.45, 2.75) is 12.8 Å². The van der Waals surface area contributed by atoms with Gasteiger partial charge in [0.05, 0.1) is 12.7 Å². The van der Waals surface area contributed by atoms with Crippen LogP contribution in [0.15, 0.2) is 18.2 Å². The fourth-order valence-electron chi connectivity index (χ4n) is 2.05. The van der Waals surface area contributed by atoms with Crippen molar-refractivity contribution >= 4 is 28.4 Å². The Balaban J connectivity index is 2.25. The normalized spacial score (nSPS) is 16.8. The number of hydrogen-bond donors (Lipinski definition) is 0. The van der Waals surface area contributed by atoms with Crippen LogP contribution in [0, 0.1) is 9.49 Å². The van der Waals surface area contributed by atoms with Gasteiger partial charge in [-0.2, -0.15) is 0 Å². The zero-order valence-corrected chi connectivity index (χ0v) is 11.9. The third kappa shape index (κ3) is 2.98. The predicted molar refractivity (Wildman–Crippen MR) is 73.6 cm³/mol. The molecule has 17 heavy (non-hydrogen) atoms. The molecule has 1 fully saturated rings. The quantitative estimate of drug-likeness (QED) is 0.624. The molecule has 0 radical (unpaired) electrons. The van der Waals surface area contributed by atoms with Gasteiger partial charge in [-0.1, -0.05) is 0 Å². The summed E-state index contributed by atoms with van der Waals surface area (Å²) < 4.78 is 11.6. The Kier molecular flexibility index (Phi) is 4.39. The molecule has 1 aliphatic heterocycles. The van der Waals surface area contributed by atoms with E-state index in [0.29, 0.717) is 24.5 Å². The van der Waals surface area contributed by atoms with Crippen molar-refractivity contribution in [2.24, 2.45) is 5.92 Å². The predicted octanol–water partition coefficient (Wildman–Crippen LogP) is 2.91. The molecule has 1 aromatic rings. The lowest BCUT2D eigenvalue weighted by molar-refractivity contribution is 0.0543. The molecule has 1 aromatic carbocycles. The monoisotopic (exact) mass is 346 g/mol. The fourth-order valence-corrected chi connectivity index (χ4v) is 2.54. The van der Waals surface area contributed by atoms with Gasteiger partial charge in [0.2, 0.25) is 0 Å². The summed E-state index contributed by atoms with van der Waals surface area (Å²) in [5.74, 6) is 0.932. The van der Waals surface area contributed by atoms with Crippen LogP contribution in [-0.2, 0) is 4.74 Å². The first-order chi connectivity index (χ1) is 8.22. The standard InChI is InChI=1S/C13H15IO3/c1-16-12-3-2-10(14)8-11(12)13(15)9-4-6-17-7-5-9/h2-3,8-9H,4-7H2,1H3. The van der Waals surface area contributed by atoms with Gasteiger partial charge in [0.25, 0.3) is 0 Å². The molecular formula is C13H15IO3. The van der Waals surface area contributed by atoms with Crippen molar-refractivity contribution in [3.8, 4) is 5.75 Å². The Morgan fingerprint density at radius 2 is 2.12 bits per heavy atom. The molecule has 1 heterocycles. The van der Waals surface area contributed by atoms with E-state index in [1.165, 1.54) is 0 Å². The van der Waals surface area contributed by atoms with Crippen molar-refractivity contribution in [3.05, 3.63) is 27.3 Å². The first kappa shape index (κ1) is 12.8. The van der Waals surface area contributed by atoms with Gasteiger partial charge in [0, 0.05) is 22.7 Å². The lowest BCUT2D eigenvalue weighted by Crippen LogP contribution is -2.24. The van der Waals surface area contributed by atoms with Crippen molar-refractivity contribution in [1.29, 1.82) is 0 Å². The van der Waals surface area contributed by atoms with Gasteiger partial charge >= 0.3 is 0 Å². The van der Waals surface area contributed by atoms with Crippen LogP contribution in [0.4, 0.5) is 0 Å². The van der Waals surface area contributed by atoms with Crippen LogP contribution in [0.3, 0.4) is 0 Å². The van der Waals surface area contributed by atoms with Crippen LogP contribution in [0.1, 0.15) is 23.2 Å². The zero-order chi connectivity index (χ0) is 12.3. The van der Waals surface area contributed by atoms with Gasteiger partial charge in [0.15, 0.2) is 5.78 Å². The summed E-state index contributed by atoms with van der Waals surface area (Å²) in [7, 11) is 1.60. The molecular weight excluding hydrogens is 331 g/mol. The number of methoxy groups -OCH3 is 1. The molecule has 0 atom stereocenters. The van der Waals surface area contributed by atoms with Crippen molar-refractivity contribution in [3.63, 3.8) is 0 Å². The fraction of sp³-hybridized carbons (Fsp3) is 0.462. The van der Waals surface area contributed by atoms with E-state index >= 15 is 0 Å². The summed E-state index contributed by atoms with van der Waals surface area (Å²) >= 11 is 2.21. The maximum absolute atomic E-state index is 12.4. The molecule has 0 aliphatic carbocycles. The van der Waals surface area contributed by atoms with E-state index in [1.54, 1.807) is 7.11 Å². The average molecular weight is 346 g/mol. The average Bonchev–Trinajstić information content (AvgIpc) is 2.39. The first-order valence-corrected chi connectivity index (χ1v) is 6.75. The number of Topliss-reactive ketones (excluding diaryl/α,β-unsaturated/α-hetero) is 1. The maximum Gasteiger partial charge on any atom is 0.169 e. The Labute approximate surface area is 115 Å². The summed E-state index contributed by atoms with van der Waals surface area (Å²) in [5.41, 5.74) is 0.700. The second-order valence-corrected chi connectivity index (χ2v) is 5.34. The number of carbonyl (C=O) groups excluding carboxylic acids is 1. The molecule has 2 rings (SSSR count). The third-order valence-electron chi connectivity index (χ3n) is 3.02. The smallest absolute Gasteiger partial charge is 0.169 e. The topological polar surface area (TPSA) is 35.5 Å². The van der Waals surface area contributed by atoms with E-state index in [4.69, 9.17) is 9.47 Å². The van der Waals surface area contributed by atoms with Crippen LogP contribution in [0.5, 0.6) is 5.75 Å². The van der Waals surface area contributed by atoms with Gasteiger partial charge in [-0.3, -0.25) is 4.79 Å². The Morgan fingerprint density at radius 1 is 1.41 bits per heavy atom. The van der Waals surface area contributed by atoms with Gasteiger partial charge in [-0.25, -0.2) is 0 Å². The van der Waals surface area contributed by atoms with E-state index in [-0.39, 0.29) is 11.7 Å². The SMILES string of the molecule is COc1ccc(I)cc1C(=O)C1CCOCC1. The van der Waals surface area contributed by atoms with Crippen LogP contribution in [0.25, 0.3) is 0 Å². The minimum absolute atomic E-state index is 0.0795. The number of carbonyl (C=O) groups is 1. The summed E-state index contributed by atoms with van der Waals surface area (Å²) in [6, 6.07) is 5.70. The Bertz CT molecular complexity index is 411. The highest BCUT2D eigenvalue weighted by atomic mass is 127. The Morgan fingerprint density at radius 3 is 2.76 bits per heavy atom. The number of ether oxygens (including phenoxy) is 2. The highest BCUT2D eigenvalue weighted by Gasteiger charge is 2.25. The van der Waals surface area contributed by atoms with Crippen LogP contribution < -0.4 is 4.74 Å². The molecule has 0 unspecified atom stereocenters. The number of ketones is 1. The molecule has 0 N–H and O–H groups in total. The first-order valence-electron chi connectivity index (χ1n) is 5.68. The van der Waals surface area contributed by atoms with Crippen molar-refractivity contribution in [2.75, 3.05) is 20.3 Å². The number of hydrogen-bond acceptors (Lipinski definition) is 3. The lowest BCUT2D eigenvalue weighted by Gasteiger charge is -2.21. The number of halogens is 1. The molecule has 1 aliphatic rings. The highest BCUT2D eigenvalue weighted by Crippen LogP contribution is 2.27. The van der Waals surface area contributed by atoms with Gasteiger partial charge in [-0.05, 0) is 53.6 Å². The summed E-state index contributed by atoms with van der Waals surface area (Å²) in [4.78, 5) is 12.4. The highest BCUT2D eigenvalue weighted by molar-refractivity contribution is 14.1. The molecule has 92 valence electrons. The lowest BCUT2D eigenvalue weighted by atomic mass is 9.90. The molecule has 1 saturated heterocycles. The second-order valence-electron chi connectivity index (χ2n) is 4.10. The summed E-state index contributed by atoms with van der Waals surface area (Å²) in [5, 5.41) is 0. The van der Waals surface area contributed by atoms with E-state index < -0.39 is 0 Å². The van der Waals surface area contributed by atoms with Crippen molar-refractivity contribution < 1.29 is 14.3 Å². The third-order valence-corrected chi connectivity index (χ3v) is 3.69. The molecule has 3 nitrogen and oxygen atoms in total. The number of rotatable bonds is 3. The van der Waals surface area contributed by atoms with Crippen LogP contribution in [0.2, 0.25) is 0 Å². The Hall–Kier alpha value is -0.620. The van der Waals surface area contributed by atoms with E-state index in [0.717, 1.165) is 16.4 Å². The summed E-state index contributed by atoms with van der Waals surface area (Å²) in [6.07, 6.45) is 1.63. The zero-order valence-electron chi connectivity index (χ0n) is 9.74. The van der Waals surface area contributed by atoms with Gasteiger partial charge in [0.1, 0.15) is 5.75 Å². The van der Waals surface area contributed by atoms with Crippen molar-refractivity contribution in [1.82, 2.24) is 0 Å². The minimum atomic E-state index is 0.0795. The largest absolute Gasteiger partial charge is 0.496 e. The molecule has 0 saturated carbocycles. The van der Waals surface area contributed by atoms with Gasteiger partial charge in [-0.15, -0.1) is 0 Å². The number of benzene rings is 1. The molecule has 0 bridgehead atoms. The summed E-state index contributed by atoms with van der Waals surface area (Å²) in [6.45, 7) is 1.37. The molecule has 4 heteroatoms. The van der Waals surface area contributed by atoms with Crippen LogP contribution >= 0.6 is 22.6 Å². The molecule has 0 spiro atoms. The molecule has 0 amide bonds. The minimum Gasteiger partial charge on any atom is -0.496 e. The van der Waals surface area contributed by atoms with E-state index in [9.17, 15) is 4.79 Å². The molecule has 0 aromatic heterocycles. The second kappa shape index (κ2) is 5.82. The van der Waals surface area contributed by atoms with Crippen LogP contribution in [-0.4, -0.2) is 26.1 Å². The van der Waals surface area contributed by atoms with Gasteiger partial charge < -0.3 is 9.47 Å². The van der Waals surface area contributed by atoms with E-state index in [2.05, 4.69) is 22.6 Å².